The maximum absolute atomic E-state index is 12.5. The van der Waals surface area contributed by atoms with Gasteiger partial charge in [0.2, 0.25) is 0 Å². The number of hydrogen-bond acceptors (Lipinski definition) is 3. The van der Waals surface area contributed by atoms with Crippen molar-refractivity contribution in [2.75, 3.05) is 38.2 Å². The van der Waals surface area contributed by atoms with Gasteiger partial charge in [-0.25, -0.2) is 0 Å². The third-order valence-electron chi connectivity index (χ3n) is 4.27. The quantitative estimate of drug-likeness (QED) is 0.905. The van der Waals surface area contributed by atoms with Gasteiger partial charge in [0, 0.05) is 44.5 Å². The lowest BCUT2D eigenvalue weighted by Gasteiger charge is -2.31. The van der Waals surface area contributed by atoms with Crippen molar-refractivity contribution in [3.8, 4) is 0 Å². The van der Waals surface area contributed by atoms with Crippen LogP contribution in [0.4, 0.5) is 5.69 Å². The Morgan fingerprint density at radius 2 is 1.90 bits per heavy atom. The summed E-state index contributed by atoms with van der Waals surface area (Å²) in [6.45, 7) is 4.91. The molecule has 1 aromatic carbocycles. The van der Waals surface area contributed by atoms with Gasteiger partial charge in [-0.2, -0.15) is 0 Å². The minimum Gasteiger partial charge on any atom is -0.396 e. The van der Waals surface area contributed by atoms with Crippen LogP contribution in [0.15, 0.2) is 24.3 Å². The molecule has 1 aliphatic rings. The SMILES string of the molecule is CCCN(C)c1ccc(C(=O)N2CCC(CO)CC2)cc1. The van der Waals surface area contributed by atoms with Gasteiger partial charge < -0.3 is 14.9 Å². The van der Waals surface area contributed by atoms with Crippen molar-refractivity contribution in [1.82, 2.24) is 4.90 Å². The predicted octanol–water partition coefficient (Wildman–Crippen LogP) is 2.38. The first kappa shape index (κ1) is 15.8. The van der Waals surface area contributed by atoms with Crippen molar-refractivity contribution in [2.45, 2.75) is 26.2 Å². The highest BCUT2D eigenvalue weighted by atomic mass is 16.3. The van der Waals surface area contributed by atoms with Crippen molar-refractivity contribution in [3.05, 3.63) is 29.8 Å². The molecule has 0 atom stereocenters. The van der Waals surface area contributed by atoms with Gasteiger partial charge in [0.15, 0.2) is 0 Å². The van der Waals surface area contributed by atoms with Crippen molar-refractivity contribution in [3.63, 3.8) is 0 Å². The molecule has 1 heterocycles. The second-order valence-corrected chi connectivity index (χ2v) is 5.89. The van der Waals surface area contributed by atoms with Crippen molar-refractivity contribution in [1.29, 1.82) is 0 Å². The summed E-state index contributed by atoms with van der Waals surface area (Å²) in [4.78, 5) is 16.5. The molecule has 0 radical (unpaired) electrons. The lowest BCUT2D eigenvalue weighted by atomic mass is 9.97. The van der Waals surface area contributed by atoms with Crippen molar-refractivity contribution in [2.24, 2.45) is 5.92 Å². The zero-order valence-electron chi connectivity index (χ0n) is 13.1. The van der Waals surface area contributed by atoms with E-state index in [2.05, 4.69) is 18.9 Å². The summed E-state index contributed by atoms with van der Waals surface area (Å²) in [6.07, 6.45) is 2.91. The standard InChI is InChI=1S/C17H26N2O2/c1-3-10-18(2)16-6-4-15(5-7-16)17(21)19-11-8-14(13-20)9-12-19/h4-7,14,20H,3,8-13H2,1-2H3. The Labute approximate surface area is 127 Å². The summed E-state index contributed by atoms with van der Waals surface area (Å²) in [6, 6.07) is 7.87. The number of likely N-dealkylation sites (tertiary alicyclic amines) is 1. The van der Waals surface area contributed by atoms with Crippen LogP contribution in [0, 0.1) is 5.92 Å². The fourth-order valence-corrected chi connectivity index (χ4v) is 2.82. The number of hydrogen-bond donors (Lipinski definition) is 1. The largest absolute Gasteiger partial charge is 0.396 e. The molecular weight excluding hydrogens is 264 g/mol. The Hall–Kier alpha value is -1.55. The second-order valence-electron chi connectivity index (χ2n) is 5.89. The number of amides is 1. The molecule has 0 spiro atoms. The first-order chi connectivity index (χ1) is 10.2. The highest BCUT2D eigenvalue weighted by Crippen LogP contribution is 2.20. The van der Waals surface area contributed by atoms with Gasteiger partial charge in [-0.3, -0.25) is 4.79 Å². The van der Waals surface area contributed by atoms with E-state index in [0.29, 0.717) is 5.92 Å². The van der Waals surface area contributed by atoms with Gasteiger partial charge in [-0.05, 0) is 49.4 Å². The van der Waals surface area contributed by atoms with Crippen LogP contribution in [0.1, 0.15) is 36.5 Å². The number of benzene rings is 1. The smallest absolute Gasteiger partial charge is 0.253 e. The monoisotopic (exact) mass is 290 g/mol. The molecule has 21 heavy (non-hydrogen) atoms. The first-order valence-electron chi connectivity index (χ1n) is 7.87. The minimum atomic E-state index is 0.107. The first-order valence-corrected chi connectivity index (χ1v) is 7.87. The molecular formula is C17H26N2O2. The highest BCUT2D eigenvalue weighted by molar-refractivity contribution is 5.94. The van der Waals surface area contributed by atoms with Crippen LogP contribution < -0.4 is 4.90 Å². The molecule has 4 nitrogen and oxygen atoms in total. The van der Waals surface area contributed by atoms with Crippen LogP contribution >= 0.6 is 0 Å². The molecule has 116 valence electrons. The Balaban J connectivity index is 1.97. The zero-order chi connectivity index (χ0) is 15.2. The Kier molecular flexibility index (Phi) is 5.62. The minimum absolute atomic E-state index is 0.107. The summed E-state index contributed by atoms with van der Waals surface area (Å²) in [5.41, 5.74) is 1.90. The number of carbonyl (C=O) groups is 1. The number of anilines is 1. The van der Waals surface area contributed by atoms with Crippen LogP contribution in [0.25, 0.3) is 0 Å². The van der Waals surface area contributed by atoms with Crippen LogP contribution in [0.2, 0.25) is 0 Å². The topological polar surface area (TPSA) is 43.8 Å². The molecule has 0 unspecified atom stereocenters. The van der Waals surface area contributed by atoms with Crippen LogP contribution in [0.5, 0.6) is 0 Å². The van der Waals surface area contributed by atoms with E-state index in [4.69, 9.17) is 5.11 Å². The number of aliphatic hydroxyl groups excluding tert-OH is 1. The van der Waals surface area contributed by atoms with E-state index in [1.807, 2.05) is 29.2 Å². The van der Waals surface area contributed by atoms with E-state index in [9.17, 15) is 4.79 Å². The lowest BCUT2D eigenvalue weighted by Crippen LogP contribution is -2.39. The molecule has 0 aromatic heterocycles. The third kappa shape index (κ3) is 3.97. The molecule has 1 N–H and O–H groups in total. The average molecular weight is 290 g/mol. The van der Waals surface area contributed by atoms with E-state index < -0.39 is 0 Å². The molecule has 4 heteroatoms. The van der Waals surface area contributed by atoms with Gasteiger partial charge in [0.1, 0.15) is 0 Å². The highest BCUT2D eigenvalue weighted by Gasteiger charge is 2.23. The Morgan fingerprint density at radius 1 is 1.29 bits per heavy atom. The lowest BCUT2D eigenvalue weighted by molar-refractivity contribution is 0.0651. The molecule has 0 aliphatic carbocycles. The van der Waals surface area contributed by atoms with Crippen LogP contribution in [-0.4, -0.2) is 49.2 Å². The average Bonchev–Trinajstić information content (AvgIpc) is 2.54. The molecule has 2 rings (SSSR count). The van der Waals surface area contributed by atoms with Gasteiger partial charge >= 0.3 is 0 Å². The summed E-state index contributed by atoms with van der Waals surface area (Å²) in [5, 5.41) is 9.15. The zero-order valence-corrected chi connectivity index (χ0v) is 13.1. The van der Waals surface area contributed by atoms with Gasteiger partial charge in [-0.15, -0.1) is 0 Å². The summed E-state index contributed by atoms with van der Waals surface area (Å²) in [7, 11) is 2.07. The third-order valence-corrected chi connectivity index (χ3v) is 4.27. The van der Waals surface area contributed by atoms with Crippen molar-refractivity contribution >= 4 is 11.6 Å². The molecule has 1 saturated heterocycles. The number of piperidine rings is 1. The summed E-state index contributed by atoms with van der Waals surface area (Å²) < 4.78 is 0. The fourth-order valence-electron chi connectivity index (χ4n) is 2.82. The fraction of sp³-hybridized carbons (Fsp3) is 0.588. The van der Waals surface area contributed by atoms with Gasteiger partial charge in [0.05, 0.1) is 0 Å². The van der Waals surface area contributed by atoms with E-state index in [0.717, 1.165) is 50.1 Å². The Bertz CT molecular complexity index is 450. The normalized spacial score (nSPS) is 16.0. The number of carbonyl (C=O) groups excluding carboxylic acids is 1. The molecule has 1 fully saturated rings. The van der Waals surface area contributed by atoms with Crippen LogP contribution in [0.3, 0.4) is 0 Å². The van der Waals surface area contributed by atoms with Gasteiger partial charge in [-0.1, -0.05) is 6.92 Å². The number of rotatable bonds is 5. The van der Waals surface area contributed by atoms with E-state index >= 15 is 0 Å². The summed E-state index contributed by atoms with van der Waals surface area (Å²) in [5.74, 6) is 0.468. The predicted molar refractivity (Wildman–Crippen MR) is 85.7 cm³/mol. The Morgan fingerprint density at radius 3 is 2.43 bits per heavy atom. The van der Waals surface area contributed by atoms with Gasteiger partial charge in [0.25, 0.3) is 5.91 Å². The molecule has 0 bridgehead atoms. The van der Waals surface area contributed by atoms with Crippen molar-refractivity contribution < 1.29 is 9.90 Å². The maximum atomic E-state index is 12.5. The molecule has 1 amide bonds. The van der Waals surface area contributed by atoms with E-state index in [-0.39, 0.29) is 12.5 Å². The number of nitrogens with zero attached hydrogens (tertiary/aromatic N) is 2. The second kappa shape index (κ2) is 7.46. The molecule has 1 aromatic rings. The molecule has 1 aliphatic heterocycles. The summed E-state index contributed by atoms with van der Waals surface area (Å²) >= 11 is 0. The van der Waals surface area contributed by atoms with E-state index in [1.54, 1.807) is 0 Å². The number of aliphatic hydroxyl groups is 1. The molecule has 0 saturated carbocycles. The maximum Gasteiger partial charge on any atom is 0.253 e. The van der Waals surface area contributed by atoms with E-state index in [1.165, 1.54) is 0 Å². The van der Waals surface area contributed by atoms with Crippen LogP contribution in [-0.2, 0) is 0 Å².